The number of azide groups is 1. The zero-order valence-corrected chi connectivity index (χ0v) is 19.4. The van der Waals surface area contributed by atoms with Gasteiger partial charge in [-0.3, -0.25) is 4.18 Å². The first kappa shape index (κ1) is 30.0. The molecule has 0 aromatic rings. The molecule has 0 saturated heterocycles. The zero-order valence-electron chi connectivity index (χ0n) is 18.6. The largest absolute Gasteiger partial charge is 0.523 e. The Hall–Kier alpha value is -1.03. The minimum Gasteiger partial charge on any atom is -0.381 e. The lowest BCUT2D eigenvalue weighted by molar-refractivity contribution is -0.0549. The molecule has 184 valence electrons. The van der Waals surface area contributed by atoms with Gasteiger partial charge in [0.15, 0.2) is 0 Å². The lowest BCUT2D eigenvalue weighted by Crippen LogP contribution is -2.30. The van der Waals surface area contributed by atoms with Gasteiger partial charge in [0.05, 0.1) is 19.3 Å². The maximum Gasteiger partial charge on any atom is 0.523 e. The molecule has 0 spiro atoms. The highest BCUT2D eigenvalue weighted by Gasteiger charge is 2.47. The second-order valence-corrected chi connectivity index (χ2v) is 9.32. The highest BCUT2D eigenvalue weighted by Crippen LogP contribution is 2.24. The van der Waals surface area contributed by atoms with Crippen LogP contribution in [0.4, 0.5) is 13.2 Å². The predicted octanol–water partition coefficient (Wildman–Crippen LogP) is 7.03. The standard InChI is InChI=1S/C20H38F3N3O4S/c1-2-3-4-5-6-7-8-9-10-11-12-13-14-15-16-29-17-19(25-26-24)18-30-31(27,28)20(21,22)23/h19H,2-18H2,1H3/t19-/m1/s1. The Balaban J connectivity index is 3.62. The first-order valence-corrected chi connectivity index (χ1v) is 12.7. The van der Waals surface area contributed by atoms with E-state index in [0.717, 1.165) is 19.3 Å². The molecular weight excluding hydrogens is 435 g/mol. The highest BCUT2D eigenvalue weighted by atomic mass is 32.2. The van der Waals surface area contributed by atoms with E-state index in [0.29, 0.717) is 6.61 Å². The molecule has 0 radical (unpaired) electrons. The minimum atomic E-state index is -5.71. The number of ether oxygens (including phenoxy) is 1. The molecule has 0 amide bonds. The van der Waals surface area contributed by atoms with Crippen molar-refractivity contribution in [1.29, 1.82) is 0 Å². The van der Waals surface area contributed by atoms with Crippen molar-refractivity contribution >= 4 is 10.1 Å². The van der Waals surface area contributed by atoms with Crippen LogP contribution in [-0.4, -0.2) is 39.8 Å². The van der Waals surface area contributed by atoms with Gasteiger partial charge in [-0.15, -0.1) is 0 Å². The summed E-state index contributed by atoms with van der Waals surface area (Å²) in [7, 11) is -5.71. The predicted molar refractivity (Wildman–Crippen MR) is 115 cm³/mol. The van der Waals surface area contributed by atoms with E-state index in [-0.39, 0.29) is 6.61 Å². The lowest BCUT2D eigenvalue weighted by atomic mass is 10.0. The molecule has 1 atom stereocenters. The van der Waals surface area contributed by atoms with Gasteiger partial charge in [-0.2, -0.15) is 21.6 Å². The third-order valence-electron chi connectivity index (χ3n) is 4.87. The molecule has 11 heteroatoms. The van der Waals surface area contributed by atoms with Crippen molar-refractivity contribution in [1.82, 2.24) is 0 Å². The van der Waals surface area contributed by atoms with Gasteiger partial charge in [0.2, 0.25) is 0 Å². The van der Waals surface area contributed by atoms with E-state index < -0.39 is 28.3 Å². The molecule has 0 bridgehead atoms. The van der Waals surface area contributed by atoms with Crippen LogP contribution in [0.25, 0.3) is 10.4 Å². The molecule has 0 aliphatic heterocycles. The maximum atomic E-state index is 12.2. The van der Waals surface area contributed by atoms with Crippen molar-refractivity contribution in [2.75, 3.05) is 19.8 Å². The summed E-state index contributed by atoms with van der Waals surface area (Å²) in [6.07, 6.45) is 17.2. The summed E-state index contributed by atoms with van der Waals surface area (Å²) in [4.78, 5) is 2.48. The molecule has 0 aromatic heterocycles. The summed E-state index contributed by atoms with van der Waals surface area (Å²) >= 11 is 0. The molecule has 0 saturated carbocycles. The van der Waals surface area contributed by atoms with Crippen LogP contribution in [0.5, 0.6) is 0 Å². The second-order valence-electron chi connectivity index (χ2n) is 7.71. The Morgan fingerprint density at radius 2 is 1.29 bits per heavy atom. The topological polar surface area (TPSA) is 101 Å². The average molecular weight is 474 g/mol. The van der Waals surface area contributed by atoms with E-state index >= 15 is 0 Å². The number of hydrogen-bond donors (Lipinski definition) is 0. The van der Waals surface area contributed by atoms with Crippen molar-refractivity contribution in [2.24, 2.45) is 5.11 Å². The molecule has 0 unspecified atom stereocenters. The smallest absolute Gasteiger partial charge is 0.381 e. The molecule has 7 nitrogen and oxygen atoms in total. The molecule has 0 aromatic carbocycles. The van der Waals surface area contributed by atoms with Gasteiger partial charge in [0.1, 0.15) is 0 Å². The Kier molecular flexibility index (Phi) is 17.9. The minimum absolute atomic E-state index is 0.199. The lowest BCUT2D eigenvalue weighted by Gasteiger charge is -2.13. The van der Waals surface area contributed by atoms with Gasteiger partial charge in [0.25, 0.3) is 0 Å². The fourth-order valence-electron chi connectivity index (χ4n) is 3.04. The van der Waals surface area contributed by atoms with Crippen LogP contribution >= 0.6 is 0 Å². The monoisotopic (exact) mass is 473 g/mol. The maximum absolute atomic E-state index is 12.2. The second kappa shape index (κ2) is 18.5. The molecule has 0 rings (SSSR count). The fourth-order valence-corrected chi connectivity index (χ4v) is 3.51. The summed E-state index contributed by atoms with van der Waals surface area (Å²) < 4.78 is 67.6. The van der Waals surface area contributed by atoms with E-state index in [2.05, 4.69) is 21.1 Å². The molecule has 0 fully saturated rings. The summed E-state index contributed by atoms with van der Waals surface area (Å²) in [5.74, 6) is 0. The van der Waals surface area contributed by atoms with E-state index in [9.17, 15) is 21.6 Å². The SMILES string of the molecule is CCCCCCCCCCCCCCCCOC[C@H](COS(=O)(=O)C(F)(F)F)N=[N+]=[N-]. The number of hydrogen-bond acceptors (Lipinski definition) is 5. The van der Waals surface area contributed by atoms with Crippen LogP contribution in [-0.2, 0) is 19.0 Å². The third kappa shape index (κ3) is 17.2. The molecule has 0 N–H and O–H groups in total. The van der Waals surface area contributed by atoms with Gasteiger partial charge >= 0.3 is 15.6 Å². The van der Waals surface area contributed by atoms with Gasteiger partial charge < -0.3 is 4.74 Å². The van der Waals surface area contributed by atoms with Crippen LogP contribution in [0.2, 0.25) is 0 Å². The molecular formula is C20H38F3N3O4S. The van der Waals surface area contributed by atoms with Crippen LogP contribution in [0.3, 0.4) is 0 Å². The summed E-state index contributed by atoms with van der Waals surface area (Å²) in [5.41, 5.74) is 2.93. The van der Waals surface area contributed by atoms with Crippen molar-refractivity contribution in [3.05, 3.63) is 10.4 Å². The number of halogens is 3. The quantitative estimate of drug-likeness (QED) is 0.0446. The zero-order chi connectivity index (χ0) is 23.4. The van der Waals surface area contributed by atoms with Gasteiger partial charge in [-0.05, 0) is 12.0 Å². The number of unbranched alkanes of at least 4 members (excludes halogenated alkanes) is 13. The van der Waals surface area contributed by atoms with Crippen LogP contribution in [0, 0.1) is 0 Å². The third-order valence-corrected chi connectivity index (χ3v) is 5.88. The van der Waals surface area contributed by atoms with Crippen molar-refractivity contribution in [3.8, 4) is 0 Å². The molecule has 31 heavy (non-hydrogen) atoms. The van der Waals surface area contributed by atoms with Crippen molar-refractivity contribution in [3.63, 3.8) is 0 Å². The summed E-state index contributed by atoms with van der Waals surface area (Å²) in [6, 6.07) is -1.14. The van der Waals surface area contributed by atoms with Crippen LogP contribution in [0.1, 0.15) is 96.8 Å². The number of alkyl halides is 3. The van der Waals surface area contributed by atoms with E-state index in [4.69, 9.17) is 10.3 Å². The van der Waals surface area contributed by atoms with Crippen LogP contribution < -0.4 is 0 Å². The fraction of sp³-hybridized carbons (Fsp3) is 1.00. The Morgan fingerprint density at radius 3 is 1.71 bits per heavy atom. The van der Waals surface area contributed by atoms with E-state index in [1.165, 1.54) is 70.6 Å². The van der Waals surface area contributed by atoms with Crippen LogP contribution in [0.15, 0.2) is 5.11 Å². The highest BCUT2D eigenvalue weighted by molar-refractivity contribution is 7.87. The van der Waals surface area contributed by atoms with Gasteiger partial charge in [-0.25, -0.2) is 0 Å². The van der Waals surface area contributed by atoms with Crippen molar-refractivity contribution in [2.45, 2.75) is 108 Å². The summed E-state index contributed by atoms with van der Waals surface area (Å²) in [6.45, 7) is 1.48. The molecule has 0 aliphatic carbocycles. The van der Waals surface area contributed by atoms with Crippen molar-refractivity contribution < 1.29 is 30.5 Å². The summed E-state index contributed by atoms with van der Waals surface area (Å²) in [5, 5.41) is 3.22. The Labute approximate surface area is 184 Å². The molecule has 0 aliphatic rings. The van der Waals surface area contributed by atoms with E-state index in [1.807, 2.05) is 0 Å². The van der Waals surface area contributed by atoms with Gasteiger partial charge in [-0.1, -0.05) is 95.5 Å². The normalized spacial score (nSPS) is 13.2. The first-order valence-electron chi connectivity index (χ1n) is 11.3. The Morgan fingerprint density at radius 1 is 0.839 bits per heavy atom. The first-order chi connectivity index (χ1) is 14.7. The van der Waals surface area contributed by atoms with E-state index in [1.54, 1.807) is 0 Å². The number of rotatable bonds is 21. The Bertz CT molecular complexity index is 583. The molecule has 0 heterocycles. The number of nitrogens with zero attached hydrogens (tertiary/aromatic N) is 3. The average Bonchev–Trinajstić information content (AvgIpc) is 2.70. The van der Waals surface area contributed by atoms with Gasteiger partial charge in [0, 0.05) is 11.5 Å².